The van der Waals surface area contributed by atoms with E-state index in [1.54, 1.807) is 18.0 Å². The van der Waals surface area contributed by atoms with E-state index in [1.807, 2.05) is 6.07 Å². The van der Waals surface area contributed by atoms with Crippen LogP contribution in [0.25, 0.3) is 0 Å². The highest BCUT2D eigenvalue weighted by molar-refractivity contribution is 6.35. The first kappa shape index (κ1) is 12.9. The first-order valence-corrected chi connectivity index (χ1v) is 7.63. The molecule has 5 heteroatoms. The van der Waals surface area contributed by atoms with E-state index in [0.29, 0.717) is 22.4 Å². The summed E-state index contributed by atoms with van der Waals surface area (Å²) in [5.74, 6) is 0.758. The summed E-state index contributed by atoms with van der Waals surface area (Å²) in [5.41, 5.74) is 1.72. The number of rotatable bonds is 2. The van der Waals surface area contributed by atoms with Gasteiger partial charge in [-0.2, -0.15) is 0 Å². The fourth-order valence-corrected chi connectivity index (χ4v) is 4.21. The van der Waals surface area contributed by atoms with E-state index in [2.05, 4.69) is 0 Å². The summed E-state index contributed by atoms with van der Waals surface area (Å²) in [6.45, 7) is 0. The van der Waals surface area contributed by atoms with Gasteiger partial charge in [0.25, 0.3) is 0 Å². The smallest absolute Gasteiger partial charge is 0.229 e. The summed E-state index contributed by atoms with van der Waals surface area (Å²) < 4.78 is 0. The number of benzene rings is 1. The molecule has 0 aromatic heterocycles. The van der Waals surface area contributed by atoms with Crippen LogP contribution in [-0.2, 0) is 11.2 Å². The second kappa shape index (κ2) is 3.90. The number of hydrogen-bond donors (Lipinski definition) is 1. The van der Waals surface area contributed by atoms with Gasteiger partial charge in [-0.25, -0.2) is 0 Å². The van der Waals surface area contributed by atoms with Gasteiger partial charge in [-0.15, -0.1) is 0 Å². The molecule has 0 radical (unpaired) electrons. The Morgan fingerprint density at radius 3 is 2.65 bits per heavy atom. The fraction of sp³-hybridized carbons (Fsp3) is 0.533. The first-order valence-electron chi connectivity index (χ1n) is 6.87. The van der Waals surface area contributed by atoms with E-state index < -0.39 is 6.10 Å². The van der Waals surface area contributed by atoms with E-state index >= 15 is 0 Å². The van der Waals surface area contributed by atoms with Gasteiger partial charge in [0.05, 0.1) is 17.6 Å². The molecule has 3 aliphatic rings. The molecule has 20 heavy (non-hydrogen) atoms. The van der Waals surface area contributed by atoms with E-state index in [9.17, 15) is 9.90 Å². The lowest BCUT2D eigenvalue weighted by molar-refractivity contribution is -0.137. The number of hydrogen-bond acceptors (Lipinski definition) is 2. The summed E-state index contributed by atoms with van der Waals surface area (Å²) in [5, 5.41) is 11.5. The zero-order valence-corrected chi connectivity index (χ0v) is 12.6. The van der Waals surface area contributed by atoms with Gasteiger partial charge >= 0.3 is 0 Å². The molecule has 1 aromatic carbocycles. The van der Waals surface area contributed by atoms with Crippen LogP contribution in [-0.4, -0.2) is 29.1 Å². The van der Waals surface area contributed by atoms with Crippen molar-refractivity contribution < 1.29 is 9.90 Å². The number of halogens is 2. The van der Waals surface area contributed by atoms with Gasteiger partial charge in [-0.3, -0.25) is 4.79 Å². The van der Waals surface area contributed by atoms with Crippen LogP contribution in [0.4, 0.5) is 0 Å². The lowest BCUT2D eigenvalue weighted by Gasteiger charge is -2.29. The monoisotopic (exact) mass is 311 g/mol. The first-order chi connectivity index (χ1) is 9.44. The van der Waals surface area contributed by atoms with Crippen molar-refractivity contribution in [3.8, 4) is 0 Å². The van der Waals surface area contributed by atoms with Crippen molar-refractivity contribution in [1.82, 2.24) is 4.90 Å². The lowest BCUT2D eigenvalue weighted by Crippen LogP contribution is -2.38. The summed E-state index contributed by atoms with van der Waals surface area (Å²) in [4.78, 5) is 14.2. The highest BCUT2D eigenvalue weighted by Crippen LogP contribution is 2.76. The Morgan fingerprint density at radius 2 is 2.05 bits per heavy atom. The van der Waals surface area contributed by atoms with Gasteiger partial charge < -0.3 is 10.0 Å². The lowest BCUT2D eigenvalue weighted by atomic mass is 10.0. The summed E-state index contributed by atoms with van der Waals surface area (Å²) in [6.07, 6.45) is 1.90. The predicted octanol–water partition coefficient (Wildman–Crippen LogP) is 2.82. The molecule has 3 nitrogen and oxygen atoms in total. The van der Waals surface area contributed by atoms with Crippen molar-refractivity contribution in [2.24, 2.45) is 11.3 Å². The van der Waals surface area contributed by atoms with Crippen LogP contribution < -0.4 is 0 Å². The average molecular weight is 312 g/mol. The molecule has 2 atom stereocenters. The van der Waals surface area contributed by atoms with Crippen molar-refractivity contribution >= 4 is 29.1 Å². The number of nitrogens with zero attached hydrogens (tertiary/aromatic N) is 1. The SMILES string of the molecule is CN(C(=O)C12CC1C2)C1c2cc(Cl)cc(Cl)c2CC1O. The third-order valence-corrected chi connectivity index (χ3v) is 5.69. The molecular weight excluding hydrogens is 297 g/mol. The number of carbonyl (C=O) groups is 1. The number of aliphatic hydroxyl groups is 1. The van der Waals surface area contributed by atoms with Crippen molar-refractivity contribution in [3.63, 3.8) is 0 Å². The molecule has 0 spiro atoms. The van der Waals surface area contributed by atoms with E-state index in [1.165, 1.54) is 0 Å². The van der Waals surface area contributed by atoms with Crippen LogP contribution in [0.15, 0.2) is 12.1 Å². The Hall–Kier alpha value is -0.770. The summed E-state index contributed by atoms with van der Waals surface area (Å²) in [7, 11) is 1.78. The molecule has 0 saturated heterocycles. The highest BCUT2D eigenvalue weighted by atomic mass is 35.5. The van der Waals surface area contributed by atoms with Crippen LogP contribution in [0, 0.1) is 11.3 Å². The van der Waals surface area contributed by atoms with E-state index in [-0.39, 0.29) is 17.4 Å². The molecule has 4 rings (SSSR count). The van der Waals surface area contributed by atoms with Crippen molar-refractivity contribution in [2.45, 2.75) is 31.4 Å². The molecule has 2 fully saturated rings. The highest BCUT2D eigenvalue weighted by Gasteiger charge is 2.75. The second-order valence-corrected chi connectivity index (χ2v) is 7.19. The maximum absolute atomic E-state index is 12.5. The minimum absolute atomic E-state index is 0.0837. The molecule has 1 aromatic rings. The second-order valence-electron chi connectivity index (χ2n) is 6.35. The number of likely N-dealkylation sites (N-methyl/N-ethyl adjacent to an activating group) is 1. The largest absolute Gasteiger partial charge is 0.390 e. The molecule has 0 bridgehead atoms. The van der Waals surface area contributed by atoms with Gasteiger partial charge in [0.15, 0.2) is 0 Å². The standard InChI is InChI=1S/C15H15Cl2NO2/c1-18(14(20)15-5-7(15)6-15)13-10-2-8(16)3-11(17)9(10)4-12(13)19/h2-3,7,12-13,19H,4-6H2,1H3. The third kappa shape index (κ3) is 1.60. The molecule has 1 amide bonds. The van der Waals surface area contributed by atoms with Gasteiger partial charge in [-0.1, -0.05) is 23.2 Å². The Balaban J connectivity index is 1.70. The zero-order valence-electron chi connectivity index (χ0n) is 11.1. The number of aliphatic hydroxyl groups excluding tert-OH is 1. The van der Waals surface area contributed by atoms with E-state index in [4.69, 9.17) is 23.2 Å². The molecule has 0 heterocycles. The number of carbonyl (C=O) groups excluding carboxylic acids is 1. The Bertz CT molecular complexity index is 625. The minimum atomic E-state index is -0.609. The van der Waals surface area contributed by atoms with Crippen LogP contribution in [0.2, 0.25) is 10.0 Å². The Kier molecular flexibility index (Phi) is 2.52. The molecule has 2 saturated carbocycles. The molecule has 3 aliphatic carbocycles. The predicted molar refractivity (Wildman–Crippen MR) is 76.8 cm³/mol. The minimum Gasteiger partial charge on any atom is -0.390 e. The van der Waals surface area contributed by atoms with Crippen LogP contribution >= 0.6 is 23.2 Å². The van der Waals surface area contributed by atoms with Gasteiger partial charge in [0.2, 0.25) is 5.91 Å². The van der Waals surface area contributed by atoms with E-state index in [0.717, 1.165) is 24.0 Å². The van der Waals surface area contributed by atoms with Crippen LogP contribution in [0.3, 0.4) is 0 Å². The van der Waals surface area contributed by atoms with Crippen LogP contribution in [0.5, 0.6) is 0 Å². The normalized spacial score (nSPS) is 36.3. The average Bonchev–Trinajstić information content (AvgIpc) is 3.19. The van der Waals surface area contributed by atoms with Crippen LogP contribution in [0.1, 0.15) is 30.0 Å². The van der Waals surface area contributed by atoms with Gasteiger partial charge in [-0.05, 0) is 42.0 Å². The summed E-state index contributed by atoms with van der Waals surface area (Å²) >= 11 is 12.3. The number of amides is 1. The maximum Gasteiger partial charge on any atom is 0.229 e. The van der Waals surface area contributed by atoms with Crippen molar-refractivity contribution in [2.75, 3.05) is 7.05 Å². The molecular formula is C15H15Cl2NO2. The Labute approximate surface area is 127 Å². The maximum atomic E-state index is 12.5. The van der Waals surface area contributed by atoms with Gasteiger partial charge in [0, 0.05) is 23.5 Å². The molecule has 0 aliphatic heterocycles. The fourth-order valence-electron chi connectivity index (χ4n) is 3.63. The third-order valence-electron chi connectivity index (χ3n) is 5.14. The molecule has 2 unspecified atom stereocenters. The molecule has 1 N–H and O–H groups in total. The Morgan fingerprint density at radius 1 is 1.40 bits per heavy atom. The van der Waals surface area contributed by atoms with Gasteiger partial charge in [0.1, 0.15) is 0 Å². The number of fused-ring (bicyclic) bond motifs is 2. The zero-order chi connectivity index (χ0) is 14.2. The topological polar surface area (TPSA) is 40.5 Å². The quantitative estimate of drug-likeness (QED) is 0.912. The molecule has 106 valence electrons. The van der Waals surface area contributed by atoms with Crippen molar-refractivity contribution in [3.05, 3.63) is 33.3 Å². The van der Waals surface area contributed by atoms with Crippen molar-refractivity contribution in [1.29, 1.82) is 0 Å². The summed E-state index contributed by atoms with van der Waals surface area (Å²) in [6, 6.07) is 3.18.